The molecule has 4 aliphatic carbocycles. The van der Waals surface area contributed by atoms with E-state index in [1.54, 1.807) is 5.57 Å². The standard InChI is InChI=1S/C35H55NO4/c1-26(37)40-23-12-11-22-36-33(39)16-10-8-6-4-3-5-7-9-14-28-25-35(2)21-13-15-32(35)31-19-17-27-24-29(38)18-20-30(27)34(28)31/h24,28,31-32H,3-23,25H2,1-2H3,(H,36,39)/t28-,31-,32-,35-/m0/s1. The van der Waals surface area contributed by atoms with Crippen LogP contribution in [-0.4, -0.2) is 30.8 Å². The van der Waals surface area contributed by atoms with E-state index in [1.807, 2.05) is 11.6 Å². The molecule has 0 aromatic carbocycles. The second-order valence-corrected chi connectivity index (χ2v) is 13.5. The van der Waals surface area contributed by atoms with E-state index in [9.17, 15) is 14.4 Å². The number of allylic oxidation sites excluding steroid dienone is 4. The van der Waals surface area contributed by atoms with Crippen LogP contribution in [0.4, 0.5) is 0 Å². The monoisotopic (exact) mass is 553 g/mol. The average molecular weight is 554 g/mol. The van der Waals surface area contributed by atoms with Gasteiger partial charge in [0.2, 0.25) is 5.91 Å². The lowest BCUT2D eigenvalue weighted by Gasteiger charge is -2.51. The molecule has 0 aromatic rings. The van der Waals surface area contributed by atoms with Crippen LogP contribution in [0, 0.1) is 23.2 Å². The lowest BCUT2D eigenvalue weighted by Crippen LogP contribution is -2.41. The zero-order chi connectivity index (χ0) is 28.4. The van der Waals surface area contributed by atoms with Gasteiger partial charge in [-0.25, -0.2) is 0 Å². The van der Waals surface area contributed by atoms with Crippen LogP contribution in [0.2, 0.25) is 0 Å². The van der Waals surface area contributed by atoms with Crippen molar-refractivity contribution in [3.05, 3.63) is 22.8 Å². The van der Waals surface area contributed by atoms with Gasteiger partial charge in [-0.05, 0) is 105 Å². The molecule has 0 unspecified atom stereocenters. The second-order valence-electron chi connectivity index (χ2n) is 13.5. The van der Waals surface area contributed by atoms with Gasteiger partial charge in [0, 0.05) is 26.3 Å². The van der Waals surface area contributed by atoms with Gasteiger partial charge in [0.15, 0.2) is 5.78 Å². The molecule has 40 heavy (non-hydrogen) atoms. The molecule has 0 radical (unpaired) electrons. The van der Waals surface area contributed by atoms with Crippen LogP contribution in [0.3, 0.4) is 0 Å². The summed E-state index contributed by atoms with van der Waals surface area (Å²) in [5.41, 5.74) is 5.40. The maximum atomic E-state index is 12.1. The first-order chi connectivity index (χ1) is 19.4. The van der Waals surface area contributed by atoms with Crippen molar-refractivity contribution < 1.29 is 19.1 Å². The van der Waals surface area contributed by atoms with E-state index in [1.165, 1.54) is 89.5 Å². The lowest BCUT2D eigenvalue weighted by molar-refractivity contribution is -0.141. The fourth-order valence-corrected chi connectivity index (χ4v) is 8.60. The van der Waals surface area contributed by atoms with Crippen molar-refractivity contribution in [3.8, 4) is 0 Å². The fourth-order valence-electron chi connectivity index (χ4n) is 8.60. The summed E-state index contributed by atoms with van der Waals surface area (Å²) in [6.07, 6.45) is 25.3. The van der Waals surface area contributed by atoms with Crippen molar-refractivity contribution in [1.82, 2.24) is 5.32 Å². The first-order valence-electron chi connectivity index (χ1n) is 16.7. The number of fused-ring (bicyclic) bond motifs is 4. The Labute approximate surface area is 243 Å². The van der Waals surface area contributed by atoms with Crippen LogP contribution < -0.4 is 5.32 Å². The third-order valence-electron chi connectivity index (χ3n) is 10.5. The van der Waals surface area contributed by atoms with E-state index in [0.29, 0.717) is 30.8 Å². The minimum atomic E-state index is -0.244. The Hall–Kier alpha value is -1.91. The van der Waals surface area contributed by atoms with Gasteiger partial charge < -0.3 is 10.1 Å². The van der Waals surface area contributed by atoms with E-state index < -0.39 is 0 Å². The predicted octanol–water partition coefficient (Wildman–Crippen LogP) is 8.17. The summed E-state index contributed by atoms with van der Waals surface area (Å²) in [6, 6.07) is 0. The van der Waals surface area contributed by atoms with Gasteiger partial charge >= 0.3 is 5.97 Å². The number of carbonyl (C=O) groups excluding carboxylic acids is 3. The van der Waals surface area contributed by atoms with E-state index in [2.05, 4.69) is 12.2 Å². The maximum absolute atomic E-state index is 12.1. The van der Waals surface area contributed by atoms with Crippen molar-refractivity contribution in [3.63, 3.8) is 0 Å². The highest BCUT2D eigenvalue weighted by atomic mass is 16.5. The smallest absolute Gasteiger partial charge is 0.302 e. The normalized spacial score (nSPS) is 27.5. The summed E-state index contributed by atoms with van der Waals surface area (Å²) in [5, 5.41) is 2.97. The molecule has 0 spiro atoms. The Kier molecular flexibility index (Phi) is 11.9. The van der Waals surface area contributed by atoms with Crippen LogP contribution >= 0.6 is 0 Å². The topological polar surface area (TPSA) is 72.5 Å². The highest BCUT2D eigenvalue weighted by Gasteiger charge is 2.51. The van der Waals surface area contributed by atoms with Crippen LogP contribution in [-0.2, 0) is 19.1 Å². The molecule has 224 valence electrons. The minimum Gasteiger partial charge on any atom is -0.466 e. The van der Waals surface area contributed by atoms with Crippen LogP contribution in [0.15, 0.2) is 22.8 Å². The number of hydrogen-bond acceptors (Lipinski definition) is 4. The highest BCUT2D eigenvalue weighted by Crippen LogP contribution is 2.62. The van der Waals surface area contributed by atoms with Gasteiger partial charge in [-0.3, -0.25) is 14.4 Å². The molecule has 0 heterocycles. The molecule has 0 saturated heterocycles. The molecule has 0 aliphatic heterocycles. The Morgan fingerprint density at radius 1 is 0.950 bits per heavy atom. The van der Waals surface area contributed by atoms with Gasteiger partial charge in [-0.2, -0.15) is 0 Å². The Bertz CT molecular complexity index is 949. The van der Waals surface area contributed by atoms with Gasteiger partial charge in [-0.15, -0.1) is 0 Å². The quantitative estimate of drug-likeness (QED) is 0.155. The van der Waals surface area contributed by atoms with Crippen molar-refractivity contribution >= 4 is 17.7 Å². The second kappa shape index (κ2) is 15.4. The highest BCUT2D eigenvalue weighted by molar-refractivity contribution is 5.93. The van der Waals surface area contributed by atoms with Crippen molar-refractivity contribution in [1.29, 1.82) is 0 Å². The lowest BCUT2D eigenvalue weighted by atomic mass is 9.54. The number of amides is 1. The van der Waals surface area contributed by atoms with Crippen molar-refractivity contribution in [2.75, 3.05) is 13.2 Å². The molecule has 0 aromatic heterocycles. The third kappa shape index (κ3) is 8.55. The molecule has 0 bridgehead atoms. The minimum absolute atomic E-state index is 0.145. The molecule has 5 nitrogen and oxygen atoms in total. The number of esters is 1. The molecule has 4 rings (SSSR count). The SMILES string of the molecule is CC(=O)OCCCCNC(=O)CCCCCCCCCC[C@H]1C[C@]2(C)CCC[C@H]2[C@@H]2CCC3=CC(=O)CCC3=C12. The molecule has 5 heteroatoms. The molecular formula is C35H55NO4. The van der Waals surface area contributed by atoms with Gasteiger partial charge in [0.25, 0.3) is 0 Å². The average Bonchev–Trinajstić information content (AvgIpc) is 3.32. The van der Waals surface area contributed by atoms with E-state index >= 15 is 0 Å². The van der Waals surface area contributed by atoms with Crippen LogP contribution in [0.5, 0.6) is 0 Å². The van der Waals surface area contributed by atoms with E-state index in [-0.39, 0.29) is 11.9 Å². The number of carbonyl (C=O) groups is 3. The summed E-state index contributed by atoms with van der Waals surface area (Å²) in [4.78, 5) is 34.8. The number of hydrogen-bond donors (Lipinski definition) is 1. The third-order valence-corrected chi connectivity index (χ3v) is 10.5. The Balaban J connectivity index is 1.09. The van der Waals surface area contributed by atoms with Crippen LogP contribution in [0.25, 0.3) is 0 Å². The van der Waals surface area contributed by atoms with Crippen molar-refractivity contribution in [2.45, 2.75) is 142 Å². The molecule has 1 amide bonds. The molecule has 2 fully saturated rings. The molecule has 4 atom stereocenters. The molecular weight excluding hydrogens is 498 g/mol. The molecule has 1 N–H and O–H groups in total. The number of unbranched alkanes of at least 4 members (excludes halogenated alkanes) is 8. The number of nitrogens with one attached hydrogen (secondary N) is 1. The zero-order valence-corrected chi connectivity index (χ0v) is 25.5. The van der Waals surface area contributed by atoms with Gasteiger partial charge in [0.1, 0.15) is 0 Å². The zero-order valence-electron chi connectivity index (χ0n) is 25.5. The van der Waals surface area contributed by atoms with Crippen molar-refractivity contribution in [2.24, 2.45) is 23.2 Å². The van der Waals surface area contributed by atoms with Crippen LogP contribution in [0.1, 0.15) is 142 Å². The summed E-state index contributed by atoms with van der Waals surface area (Å²) in [6.45, 7) is 5.12. The van der Waals surface area contributed by atoms with Gasteiger partial charge in [-0.1, -0.05) is 63.9 Å². The molecule has 4 aliphatic rings. The number of ketones is 1. The summed E-state index contributed by atoms with van der Waals surface area (Å²) in [7, 11) is 0. The summed E-state index contributed by atoms with van der Waals surface area (Å²) < 4.78 is 4.90. The number of rotatable bonds is 16. The Morgan fingerprint density at radius 2 is 1.70 bits per heavy atom. The maximum Gasteiger partial charge on any atom is 0.302 e. The van der Waals surface area contributed by atoms with E-state index in [4.69, 9.17) is 4.74 Å². The summed E-state index contributed by atoms with van der Waals surface area (Å²) in [5.74, 6) is 2.68. The summed E-state index contributed by atoms with van der Waals surface area (Å²) >= 11 is 0. The first kappa shape index (κ1) is 31.0. The van der Waals surface area contributed by atoms with Gasteiger partial charge in [0.05, 0.1) is 6.61 Å². The van der Waals surface area contributed by atoms with E-state index in [0.717, 1.165) is 62.7 Å². The Morgan fingerprint density at radius 3 is 2.48 bits per heavy atom. The fraction of sp³-hybridized carbons (Fsp3) is 0.800. The largest absolute Gasteiger partial charge is 0.466 e. The molecule has 2 saturated carbocycles. The predicted molar refractivity (Wildman–Crippen MR) is 161 cm³/mol. The first-order valence-corrected chi connectivity index (χ1v) is 16.7. The number of ether oxygens (including phenoxy) is 1.